The minimum Gasteiger partial charge on any atom is -0.341 e. The number of aryl methyl sites for hydroxylation is 1. The maximum Gasteiger partial charge on any atom is 0.222 e. The zero-order valence-electron chi connectivity index (χ0n) is 11.0. The standard InChI is InChI=1S/C15H17BrN2O/c1-11-2-4-14(16)8-13(11)6-7-18-10-12(9-17)3-5-15(18)19/h2,4,8,12H,3,5-7,10H2,1H3. The fraction of sp³-hybridized carbons (Fsp3) is 0.467. The van der Waals surface area contributed by atoms with Crippen LogP contribution >= 0.6 is 15.9 Å². The lowest BCUT2D eigenvalue weighted by molar-refractivity contribution is -0.134. The van der Waals surface area contributed by atoms with Crippen molar-refractivity contribution in [1.29, 1.82) is 5.26 Å². The molecule has 1 aliphatic rings. The van der Waals surface area contributed by atoms with Crippen LogP contribution in [-0.2, 0) is 11.2 Å². The van der Waals surface area contributed by atoms with Gasteiger partial charge in [-0.25, -0.2) is 0 Å². The van der Waals surface area contributed by atoms with Crippen LogP contribution in [0.25, 0.3) is 0 Å². The second-order valence-electron chi connectivity index (χ2n) is 5.03. The first-order valence-corrected chi connectivity index (χ1v) is 7.32. The predicted molar refractivity (Wildman–Crippen MR) is 77.5 cm³/mol. The van der Waals surface area contributed by atoms with Gasteiger partial charge in [0.25, 0.3) is 0 Å². The molecule has 1 saturated heterocycles. The lowest BCUT2D eigenvalue weighted by atomic mass is 9.98. The van der Waals surface area contributed by atoms with E-state index in [1.54, 1.807) is 0 Å². The van der Waals surface area contributed by atoms with Gasteiger partial charge in [0.2, 0.25) is 5.91 Å². The Morgan fingerprint density at radius 2 is 2.32 bits per heavy atom. The summed E-state index contributed by atoms with van der Waals surface area (Å²) in [5.74, 6) is 0.181. The number of carbonyl (C=O) groups is 1. The smallest absolute Gasteiger partial charge is 0.222 e. The molecule has 0 radical (unpaired) electrons. The Bertz CT molecular complexity index is 521. The molecule has 4 heteroatoms. The number of hydrogen-bond acceptors (Lipinski definition) is 2. The van der Waals surface area contributed by atoms with E-state index in [2.05, 4.69) is 41.1 Å². The van der Waals surface area contributed by atoms with Gasteiger partial charge in [0.05, 0.1) is 12.0 Å². The lowest BCUT2D eigenvalue weighted by Crippen LogP contribution is -2.40. The van der Waals surface area contributed by atoms with E-state index in [0.29, 0.717) is 25.9 Å². The molecular weight excluding hydrogens is 304 g/mol. The molecule has 1 aromatic carbocycles. The van der Waals surface area contributed by atoms with Crippen LogP contribution < -0.4 is 0 Å². The Labute approximate surface area is 122 Å². The second kappa shape index (κ2) is 6.21. The number of rotatable bonds is 3. The van der Waals surface area contributed by atoms with Crippen molar-refractivity contribution >= 4 is 21.8 Å². The number of piperidine rings is 1. The highest BCUT2D eigenvalue weighted by atomic mass is 79.9. The number of amides is 1. The Hall–Kier alpha value is -1.34. The van der Waals surface area contributed by atoms with Crippen molar-refractivity contribution in [3.63, 3.8) is 0 Å². The third kappa shape index (κ3) is 3.57. The highest BCUT2D eigenvalue weighted by Crippen LogP contribution is 2.20. The summed E-state index contributed by atoms with van der Waals surface area (Å²) in [5, 5.41) is 8.97. The fourth-order valence-corrected chi connectivity index (χ4v) is 2.81. The van der Waals surface area contributed by atoms with Gasteiger partial charge in [0.15, 0.2) is 0 Å². The first-order chi connectivity index (χ1) is 9.10. The van der Waals surface area contributed by atoms with E-state index in [-0.39, 0.29) is 11.8 Å². The summed E-state index contributed by atoms with van der Waals surface area (Å²) in [5.41, 5.74) is 2.49. The summed E-state index contributed by atoms with van der Waals surface area (Å²) < 4.78 is 1.06. The molecular formula is C15H17BrN2O. The van der Waals surface area contributed by atoms with Gasteiger partial charge in [-0.15, -0.1) is 0 Å². The van der Waals surface area contributed by atoms with Gasteiger partial charge in [-0.05, 0) is 43.0 Å². The molecule has 1 fully saturated rings. The number of halogens is 1. The summed E-state index contributed by atoms with van der Waals surface area (Å²) in [6.45, 7) is 3.37. The first kappa shape index (κ1) is 14.1. The SMILES string of the molecule is Cc1ccc(Br)cc1CCN1CC(C#N)CCC1=O. The number of likely N-dealkylation sites (tertiary alicyclic amines) is 1. The van der Waals surface area contributed by atoms with Gasteiger partial charge in [0.1, 0.15) is 0 Å². The third-order valence-electron chi connectivity index (χ3n) is 3.64. The molecule has 0 aliphatic carbocycles. The molecule has 0 aromatic heterocycles. The van der Waals surface area contributed by atoms with Crippen molar-refractivity contribution in [2.24, 2.45) is 5.92 Å². The number of hydrogen-bond donors (Lipinski definition) is 0. The number of benzene rings is 1. The van der Waals surface area contributed by atoms with Gasteiger partial charge in [-0.1, -0.05) is 22.0 Å². The molecule has 3 nitrogen and oxygen atoms in total. The molecule has 1 aliphatic heterocycles. The summed E-state index contributed by atoms with van der Waals surface area (Å²) >= 11 is 3.47. The zero-order valence-corrected chi connectivity index (χ0v) is 12.6. The van der Waals surface area contributed by atoms with Crippen molar-refractivity contribution in [3.8, 4) is 6.07 Å². The van der Waals surface area contributed by atoms with E-state index in [1.807, 2.05) is 11.0 Å². The van der Waals surface area contributed by atoms with Gasteiger partial charge in [0, 0.05) is 24.0 Å². The van der Waals surface area contributed by atoms with E-state index in [9.17, 15) is 4.79 Å². The fourth-order valence-electron chi connectivity index (χ4n) is 2.40. The van der Waals surface area contributed by atoms with Crippen LogP contribution in [0.3, 0.4) is 0 Å². The summed E-state index contributed by atoms with van der Waals surface area (Å²) in [4.78, 5) is 13.7. The Kier molecular flexibility index (Phi) is 4.60. The van der Waals surface area contributed by atoms with E-state index < -0.39 is 0 Å². The van der Waals surface area contributed by atoms with Crippen LogP contribution in [0.15, 0.2) is 22.7 Å². The van der Waals surface area contributed by atoms with Crippen molar-refractivity contribution in [1.82, 2.24) is 4.90 Å². The quantitative estimate of drug-likeness (QED) is 0.859. The Morgan fingerprint density at radius 3 is 3.05 bits per heavy atom. The highest BCUT2D eigenvalue weighted by molar-refractivity contribution is 9.10. The molecule has 1 heterocycles. The molecule has 0 N–H and O–H groups in total. The highest BCUT2D eigenvalue weighted by Gasteiger charge is 2.25. The maximum atomic E-state index is 11.8. The topological polar surface area (TPSA) is 44.1 Å². The minimum atomic E-state index is 0.00121. The average molecular weight is 321 g/mol. The number of carbonyl (C=O) groups excluding carboxylic acids is 1. The van der Waals surface area contributed by atoms with Gasteiger partial charge in [-0.3, -0.25) is 4.79 Å². The zero-order chi connectivity index (χ0) is 13.8. The van der Waals surface area contributed by atoms with Crippen LogP contribution in [0.5, 0.6) is 0 Å². The molecule has 0 spiro atoms. The van der Waals surface area contributed by atoms with E-state index in [4.69, 9.17) is 5.26 Å². The van der Waals surface area contributed by atoms with Crippen molar-refractivity contribution in [2.45, 2.75) is 26.2 Å². The Morgan fingerprint density at radius 1 is 1.53 bits per heavy atom. The van der Waals surface area contributed by atoms with E-state index in [0.717, 1.165) is 10.9 Å². The summed E-state index contributed by atoms with van der Waals surface area (Å²) in [7, 11) is 0. The number of nitriles is 1. The minimum absolute atomic E-state index is 0.00121. The summed E-state index contributed by atoms with van der Waals surface area (Å²) in [6, 6.07) is 8.48. The third-order valence-corrected chi connectivity index (χ3v) is 4.14. The van der Waals surface area contributed by atoms with Crippen LogP contribution in [0.2, 0.25) is 0 Å². The second-order valence-corrected chi connectivity index (χ2v) is 5.94. The Balaban J connectivity index is 1.99. The molecule has 0 bridgehead atoms. The van der Waals surface area contributed by atoms with Gasteiger partial charge < -0.3 is 4.90 Å². The molecule has 1 aromatic rings. The van der Waals surface area contributed by atoms with Crippen LogP contribution in [0, 0.1) is 24.2 Å². The van der Waals surface area contributed by atoms with E-state index in [1.165, 1.54) is 11.1 Å². The first-order valence-electron chi connectivity index (χ1n) is 6.52. The van der Waals surface area contributed by atoms with Crippen LogP contribution in [0.1, 0.15) is 24.0 Å². The summed E-state index contributed by atoms with van der Waals surface area (Å²) in [6.07, 6.45) is 2.06. The molecule has 1 atom stereocenters. The molecule has 19 heavy (non-hydrogen) atoms. The molecule has 1 amide bonds. The van der Waals surface area contributed by atoms with Gasteiger partial charge >= 0.3 is 0 Å². The molecule has 1 unspecified atom stereocenters. The molecule has 2 rings (SSSR count). The lowest BCUT2D eigenvalue weighted by Gasteiger charge is -2.29. The number of nitrogens with zero attached hydrogens (tertiary/aromatic N) is 2. The molecule has 0 saturated carbocycles. The van der Waals surface area contributed by atoms with Crippen molar-refractivity contribution in [3.05, 3.63) is 33.8 Å². The largest absolute Gasteiger partial charge is 0.341 e. The normalized spacial score (nSPS) is 19.3. The monoisotopic (exact) mass is 320 g/mol. The van der Waals surface area contributed by atoms with Crippen LogP contribution in [0.4, 0.5) is 0 Å². The van der Waals surface area contributed by atoms with E-state index >= 15 is 0 Å². The average Bonchev–Trinajstić information content (AvgIpc) is 2.41. The van der Waals surface area contributed by atoms with Gasteiger partial charge in [-0.2, -0.15) is 5.26 Å². The van der Waals surface area contributed by atoms with Crippen LogP contribution in [-0.4, -0.2) is 23.9 Å². The van der Waals surface area contributed by atoms with Crippen molar-refractivity contribution < 1.29 is 4.79 Å². The molecule has 100 valence electrons. The maximum absolute atomic E-state index is 11.8. The van der Waals surface area contributed by atoms with Crippen molar-refractivity contribution in [2.75, 3.05) is 13.1 Å². The predicted octanol–water partition coefficient (Wildman–Crippen LogP) is 3.06.